The lowest BCUT2D eigenvalue weighted by atomic mass is 10.1. The number of nitrogens with one attached hydrogen (secondary N) is 2. The molecule has 0 saturated carbocycles. The first-order valence-corrected chi connectivity index (χ1v) is 13.9. The van der Waals surface area contributed by atoms with Crippen molar-refractivity contribution in [2.45, 2.75) is 25.7 Å². The zero-order valence-electron chi connectivity index (χ0n) is 22.8. The molecule has 2 aromatic heterocycles. The van der Waals surface area contributed by atoms with Gasteiger partial charge in [-0.3, -0.25) is 9.59 Å². The fourth-order valence-electron chi connectivity index (χ4n) is 5.28. The summed E-state index contributed by atoms with van der Waals surface area (Å²) in [4.78, 5) is 57.8. The van der Waals surface area contributed by atoms with Gasteiger partial charge in [0.05, 0.1) is 35.4 Å². The van der Waals surface area contributed by atoms with E-state index < -0.39 is 11.9 Å². The highest BCUT2D eigenvalue weighted by atomic mass is 16.5. The molecule has 8 heteroatoms. The van der Waals surface area contributed by atoms with Gasteiger partial charge in [-0.05, 0) is 74.2 Å². The van der Waals surface area contributed by atoms with Gasteiger partial charge in [-0.25, -0.2) is 9.59 Å². The van der Waals surface area contributed by atoms with Crippen molar-refractivity contribution in [3.63, 3.8) is 0 Å². The lowest BCUT2D eigenvalue weighted by Crippen LogP contribution is -2.11. The van der Waals surface area contributed by atoms with Crippen LogP contribution in [0, 0.1) is 0 Å². The topological polar surface area (TPSA) is 118 Å². The van der Waals surface area contributed by atoms with Crippen molar-refractivity contribution in [1.29, 1.82) is 0 Å². The Hall–Kier alpha value is -5.24. The number of esters is 2. The lowest BCUT2D eigenvalue weighted by Gasteiger charge is -2.10. The monoisotopic (exact) mass is 560 g/mol. The average molecular weight is 561 g/mol. The van der Waals surface area contributed by atoms with E-state index in [1.807, 2.05) is 12.1 Å². The van der Waals surface area contributed by atoms with Gasteiger partial charge in [-0.1, -0.05) is 36.4 Å². The number of unbranched alkanes of at least 4 members (excludes halogenated alkanes) is 3. The zero-order valence-corrected chi connectivity index (χ0v) is 22.8. The number of aromatic amines is 2. The number of carbonyl (C=O) groups is 2. The maximum atomic E-state index is 12.9. The quantitative estimate of drug-likeness (QED) is 0.123. The van der Waals surface area contributed by atoms with E-state index >= 15 is 0 Å². The Morgan fingerprint density at radius 2 is 0.905 bits per heavy atom. The van der Waals surface area contributed by atoms with E-state index in [0.717, 1.165) is 12.8 Å². The van der Waals surface area contributed by atoms with Gasteiger partial charge in [-0.2, -0.15) is 0 Å². The number of hydrogen-bond acceptors (Lipinski definition) is 6. The minimum Gasteiger partial charge on any atom is -0.462 e. The third kappa shape index (κ3) is 5.14. The van der Waals surface area contributed by atoms with Crippen molar-refractivity contribution in [2.24, 2.45) is 0 Å². The standard InChI is InChI=1S/C34H28N2O6/c37-31-21-11-3-5-17-27(21)35-29-23(31)13-9-15-25(29)33(39)41-19-7-1-2-8-20-42-34(40)26-16-10-14-24-30(26)36-28-18-6-4-12-22(28)32(24)38/h3-6,9-18H,1-2,7-8,19-20H2,(H,35,37)(H,36,38). The summed E-state index contributed by atoms with van der Waals surface area (Å²) in [6.45, 7) is 0.480. The molecule has 0 aliphatic heterocycles. The number of hydrogen-bond donors (Lipinski definition) is 2. The Bertz CT molecular complexity index is 1940. The predicted octanol–water partition coefficient (Wildman–Crippen LogP) is 6.25. The summed E-state index contributed by atoms with van der Waals surface area (Å²) in [7, 11) is 0. The van der Waals surface area contributed by atoms with Crippen LogP contribution in [0.5, 0.6) is 0 Å². The third-order valence-electron chi connectivity index (χ3n) is 7.43. The summed E-state index contributed by atoms with van der Waals surface area (Å²) in [5.74, 6) is -0.970. The van der Waals surface area contributed by atoms with Crippen LogP contribution in [0.2, 0.25) is 0 Å². The molecule has 0 atom stereocenters. The minimum absolute atomic E-state index is 0.128. The van der Waals surface area contributed by atoms with E-state index in [1.165, 1.54) is 0 Å². The van der Waals surface area contributed by atoms with Crippen molar-refractivity contribution in [2.75, 3.05) is 13.2 Å². The molecule has 0 aliphatic carbocycles. The second kappa shape index (κ2) is 11.7. The second-order valence-corrected chi connectivity index (χ2v) is 10.1. The number of para-hydroxylation sites is 4. The smallest absolute Gasteiger partial charge is 0.340 e. The molecule has 42 heavy (non-hydrogen) atoms. The second-order valence-electron chi connectivity index (χ2n) is 10.1. The summed E-state index contributed by atoms with van der Waals surface area (Å²) in [6, 6.07) is 24.5. The number of ether oxygens (including phenoxy) is 2. The molecule has 6 rings (SSSR count). The Labute approximate surface area is 239 Å². The number of H-pyrrole nitrogens is 2. The zero-order chi connectivity index (χ0) is 29.1. The summed E-state index contributed by atoms with van der Waals surface area (Å²) in [6.07, 6.45) is 2.88. The van der Waals surface area contributed by atoms with E-state index in [2.05, 4.69) is 9.97 Å². The number of rotatable bonds is 9. The summed E-state index contributed by atoms with van der Waals surface area (Å²) in [5, 5.41) is 2.03. The fourth-order valence-corrected chi connectivity index (χ4v) is 5.28. The van der Waals surface area contributed by atoms with E-state index in [9.17, 15) is 19.2 Å². The van der Waals surface area contributed by atoms with E-state index in [1.54, 1.807) is 72.8 Å². The van der Waals surface area contributed by atoms with Crippen molar-refractivity contribution in [3.05, 3.63) is 117 Å². The van der Waals surface area contributed by atoms with Gasteiger partial charge < -0.3 is 19.4 Å². The van der Waals surface area contributed by atoms with Crippen molar-refractivity contribution < 1.29 is 19.1 Å². The molecule has 2 N–H and O–H groups in total. The van der Waals surface area contributed by atoms with Crippen molar-refractivity contribution in [1.82, 2.24) is 9.97 Å². The largest absolute Gasteiger partial charge is 0.462 e. The van der Waals surface area contributed by atoms with Gasteiger partial charge >= 0.3 is 11.9 Å². The molecule has 0 bridgehead atoms. The van der Waals surface area contributed by atoms with Crippen LogP contribution in [0.1, 0.15) is 46.4 Å². The van der Waals surface area contributed by atoms with Gasteiger partial charge in [0.2, 0.25) is 0 Å². The Kier molecular flexibility index (Phi) is 7.51. The van der Waals surface area contributed by atoms with Crippen LogP contribution < -0.4 is 10.9 Å². The molecule has 0 unspecified atom stereocenters. The Morgan fingerprint density at radius 1 is 0.500 bits per heavy atom. The van der Waals surface area contributed by atoms with Gasteiger partial charge in [-0.15, -0.1) is 0 Å². The molecular formula is C34H28N2O6. The van der Waals surface area contributed by atoms with E-state index in [4.69, 9.17) is 9.47 Å². The molecule has 8 nitrogen and oxygen atoms in total. The van der Waals surface area contributed by atoms with Gasteiger partial charge in [0.1, 0.15) is 0 Å². The lowest BCUT2D eigenvalue weighted by molar-refractivity contribution is 0.0475. The summed E-state index contributed by atoms with van der Waals surface area (Å²) >= 11 is 0. The van der Waals surface area contributed by atoms with Crippen LogP contribution in [-0.2, 0) is 9.47 Å². The van der Waals surface area contributed by atoms with Crippen LogP contribution >= 0.6 is 0 Å². The van der Waals surface area contributed by atoms with Crippen LogP contribution in [0.15, 0.2) is 94.5 Å². The molecule has 0 saturated heterocycles. The molecule has 210 valence electrons. The first-order chi connectivity index (χ1) is 20.5. The first kappa shape index (κ1) is 27.0. The van der Waals surface area contributed by atoms with Crippen molar-refractivity contribution in [3.8, 4) is 0 Å². The molecule has 0 aliphatic rings. The number of aromatic nitrogens is 2. The van der Waals surface area contributed by atoms with E-state index in [-0.39, 0.29) is 24.1 Å². The first-order valence-electron chi connectivity index (χ1n) is 13.9. The number of carbonyl (C=O) groups excluding carboxylic acids is 2. The molecule has 0 fully saturated rings. The van der Waals surface area contributed by atoms with Gasteiger partial charge in [0.25, 0.3) is 0 Å². The van der Waals surface area contributed by atoms with Crippen LogP contribution in [0.25, 0.3) is 43.6 Å². The molecule has 0 spiro atoms. The summed E-state index contributed by atoms with van der Waals surface area (Å²) < 4.78 is 11.0. The summed E-state index contributed by atoms with van der Waals surface area (Å²) in [5.41, 5.74) is 2.66. The maximum Gasteiger partial charge on any atom is 0.340 e. The Balaban J connectivity index is 0.993. The molecule has 2 heterocycles. The molecule has 6 aromatic rings. The normalized spacial score (nSPS) is 11.3. The fraction of sp³-hybridized carbons (Fsp3) is 0.176. The van der Waals surface area contributed by atoms with Crippen LogP contribution in [0.4, 0.5) is 0 Å². The Morgan fingerprint density at radius 3 is 1.36 bits per heavy atom. The predicted molar refractivity (Wildman–Crippen MR) is 163 cm³/mol. The number of fused-ring (bicyclic) bond motifs is 4. The third-order valence-corrected chi connectivity index (χ3v) is 7.43. The van der Waals surface area contributed by atoms with Gasteiger partial charge in [0, 0.05) is 32.6 Å². The van der Waals surface area contributed by atoms with Gasteiger partial charge in [0.15, 0.2) is 10.9 Å². The van der Waals surface area contributed by atoms with Crippen molar-refractivity contribution >= 4 is 55.6 Å². The highest BCUT2D eigenvalue weighted by molar-refractivity contribution is 6.06. The molecular weight excluding hydrogens is 532 g/mol. The SMILES string of the molecule is O=C(OCCCCCCOC(=O)c1cccc2c(=O)c3ccccc3[nH]c12)c1cccc2c(=O)c3ccccc3[nH]c12. The highest BCUT2D eigenvalue weighted by Gasteiger charge is 2.16. The van der Waals surface area contributed by atoms with Crippen LogP contribution in [-0.4, -0.2) is 35.1 Å². The number of benzene rings is 4. The van der Waals surface area contributed by atoms with E-state index in [0.29, 0.717) is 67.6 Å². The minimum atomic E-state index is -0.485. The maximum absolute atomic E-state index is 12.9. The average Bonchev–Trinajstić information content (AvgIpc) is 3.02. The highest BCUT2D eigenvalue weighted by Crippen LogP contribution is 2.21. The molecule has 0 amide bonds. The molecule has 0 radical (unpaired) electrons. The number of pyridine rings is 2. The van der Waals surface area contributed by atoms with Crippen LogP contribution in [0.3, 0.4) is 0 Å². The molecule has 4 aromatic carbocycles.